The van der Waals surface area contributed by atoms with Crippen molar-refractivity contribution in [2.24, 2.45) is 17.6 Å². The van der Waals surface area contributed by atoms with Crippen molar-refractivity contribution in [3.8, 4) is 5.75 Å². The van der Waals surface area contributed by atoms with Crippen molar-refractivity contribution < 1.29 is 9.53 Å². The average molecular weight is 313 g/mol. The molecule has 1 fully saturated rings. The van der Waals surface area contributed by atoms with Gasteiger partial charge in [-0.05, 0) is 38.3 Å². The number of nitrogens with two attached hydrogens (primary N) is 1. The number of halogens is 1. The predicted octanol–water partition coefficient (Wildman–Crippen LogP) is 2.67. The Bertz CT molecular complexity index is 467. The Labute approximate surface area is 132 Å². The highest BCUT2D eigenvalue weighted by Gasteiger charge is 2.32. The van der Waals surface area contributed by atoms with E-state index >= 15 is 0 Å². The first-order valence-corrected chi connectivity index (χ1v) is 7.30. The van der Waals surface area contributed by atoms with Crippen molar-refractivity contribution >= 4 is 18.3 Å². The molecule has 3 N–H and O–H groups in total. The van der Waals surface area contributed by atoms with Crippen LogP contribution >= 0.6 is 12.4 Å². The molecule has 0 aromatic heterocycles. The molecular formula is C16H25ClN2O2. The summed E-state index contributed by atoms with van der Waals surface area (Å²) in [6, 6.07) is 7.73. The van der Waals surface area contributed by atoms with Gasteiger partial charge in [-0.1, -0.05) is 24.6 Å². The second kappa shape index (κ2) is 8.25. The smallest absolute Gasteiger partial charge is 0.223 e. The van der Waals surface area contributed by atoms with Crippen molar-refractivity contribution in [1.29, 1.82) is 0 Å². The Morgan fingerprint density at radius 1 is 1.43 bits per heavy atom. The highest BCUT2D eigenvalue weighted by molar-refractivity contribution is 5.85. The number of carbonyl (C=O) groups excluding carboxylic acids is 1. The molecule has 3 atom stereocenters. The maximum Gasteiger partial charge on any atom is 0.223 e. The fourth-order valence-corrected chi connectivity index (χ4v) is 3.09. The van der Waals surface area contributed by atoms with Crippen LogP contribution in [0, 0.1) is 11.8 Å². The van der Waals surface area contributed by atoms with Crippen LogP contribution < -0.4 is 15.8 Å². The molecule has 1 aromatic rings. The Morgan fingerprint density at radius 2 is 2.14 bits per heavy atom. The monoisotopic (exact) mass is 312 g/mol. The summed E-state index contributed by atoms with van der Waals surface area (Å²) in [5.74, 6) is 1.33. The van der Waals surface area contributed by atoms with Crippen molar-refractivity contribution in [2.75, 3.05) is 13.7 Å². The van der Waals surface area contributed by atoms with E-state index < -0.39 is 0 Å². The van der Waals surface area contributed by atoms with E-state index in [-0.39, 0.29) is 30.3 Å². The summed E-state index contributed by atoms with van der Waals surface area (Å²) in [7, 11) is 1.65. The van der Waals surface area contributed by atoms with Gasteiger partial charge in [0.15, 0.2) is 0 Å². The van der Waals surface area contributed by atoms with E-state index in [1.54, 1.807) is 7.11 Å². The number of hydrogen-bond donors (Lipinski definition) is 2. The van der Waals surface area contributed by atoms with Crippen LogP contribution in [-0.4, -0.2) is 19.6 Å². The predicted molar refractivity (Wildman–Crippen MR) is 86.7 cm³/mol. The summed E-state index contributed by atoms with van der Waals surface area (Å²) in [4.78, 5) is 12.4. The number of hydrogen-bond acceptors (Lipinski definition) is 3. The minimum absolute atomic E-state index is 0. The number of nitrogens with one attached hydrogen (secondary N) is 1. The van der Waals surface area contributed by atoms with Gasteiger partial charge in [-0.3, -0.25) is 4.79 Å². The Hall–Kier alpha value is -1.26. The standard InChI is InChI=1S/C16H24N2O2.ClH/c1-11(13-7-3-4-9-15(13)20-2)18-16(19)14-8-5-6-12(14)10-17;/h3-4,7,9,11-12,14H,5-6,8,10,17H2,1-2H3,(H,18,19);1H/t11?,12-,14-;/m1./s1. The molecule has 1 amide bonds. The number of rotatable bonds is 5. The zero-order valence-electron chi connectivity index (χ0n) is 12.7. The molecule has 21 heavy (non-hydrogen) atoms. The van der Waals surface area contributed by atoms with E-state index in [1.807, 2.05) is 31.2 Å². The first-order chi connectivity index (χ1) is 9.67. The molecule has 1 unspecified atom stereocenters. The van der Waals surface area contributed by atoms with Gasteiger partial charge in [-0.25, -0.2) is 0 Å². The summed E-state index contributed by atoms with van der Waals surface area (Å²) < 4.78 is 5.34. The normalized spacial score (nSPS) is 22.2. The van der Waals surface area contributed by atoms with Crippen LogP contribution in [0.2, 0.25) is 0 Å². The number of amides is 1. The van der Waals surface area contributed by atoms with Gasteiger partial charge < -0.3 is 15.8 Å². The van der Waals surface area contributed by atoms with Gasteiger partial charge >= 0.3 is 0 Å². The molecule has 0 saturated heterocycles. The van der Waals surface area contributed by atoms with Crippen molar-refractivity contribution in [3.05, 3.63) is 29.8 Å². The molecule has 0 bridgehead atoms. The third kappa shape index (κ3) is 4.11. The number of ether oxygens (including phenoxy) is 1. The lowest BCUT2D eigenvalue weighted by molar-refractivity contribution is -0.126. The molecule has 1 aliphatic rings. The van der Waals surface area contributed by atoms with Gasteiger partial charge in [0.2, 0.25) is 5.91 Å². The molecule has 0 aliphatic heterocycles. The largest absolute Gasteiger partial charge is 0.496 e. The molecule has 118 valence electrons. The molecule has 1 aromatic carbocycles. The van der Waals surface area contributed by atoms with E-state index in [4.69, 9.17) is 10.5 Å². The number of para-hydroxylation sites is 1. The quantitative estimate of drug-likeness (QED) is 0.878. The zero-order valence-corrected chi connectivity index (χ0v) is 13.5. The zero-order chi connectivity index (χ0) is 14.5. The summed E-state index contributed by atoms with van der Waals surface area (Å²) in [6.07, 6.45) is 3.12. The van der Waals surface area contributed by atoms with Gasteiger partial charge in [0.05, 0.1) is 13.2 Å². The summed E-state index contributed by atoms with van der Waals surface area (Å²) in [6.45, 7) is 2.59. The van der Waals surface area contributed by atoms with Crippen LogP contribution in [0.25, 0.3) is 0 Å². The topological polar surface area (TPSA) is 64.3 Å². The van der Waals surface area contributed by atoms with Gasteiger partial charge in [-0.2, -0.15) is 0 Å². The fourth-order valence-electron chi connectivity index (χ4n) is 3.09. The van der Waals surface area contributed by atoms with Crippen LogP contribution in [0.1, 0.15) is 37.8 Å². The van der Waals surface area contributed by atoms with Crippen LogP contribution in [0.3, 0.4) is 0 Å². The van der Waals surface area contributed by atoms with E-state index in [2.05, 4.69) is 5.32 Å². The summed E-state index contributed by atoms with van der Waals surface area (Å²) in [5.41, 5.74) is 6.75. The second-order valence-electron chi connectivity index (χ2n) is 5.51. The molecule has 2 rings (SSSR count). The molecule has 4 nitrogen and oxygen atoms in total. The lowest BCUT2D eigenvalue weighted by Gasteiger charge is -2.22. The van der Waals surface area contributed by atoms with Crippen LogP contribution in [0.4, 0.5) is 0 Å². The minimum atomic E-state index is -0.0577. The third-order valence-corrected chi connectivity index (χ3v) is 4.26. The van der Waals surface area contributed by atoms with E-state index in [1.165, 1.54) is 0 Å². The maximum atomic E-state index is 12.4. The van der Waals surface area contributed by atoms with Crippen LogP contribution in [-0.2, 0) is 4.79 Å². The van der Waals surface area contributed by atoms with Crippen molar-refractivity contribution in [2.45, 2.75) is 32.2 Å². The highest BCUT2D eigenvalue weighted by atomic mass is 35.5. The fraction of sp³-hybridized carbons (Fsp3) is 0.562. The van der Waals surface area contributed by atoms with E-state index in [0.29, 0.717) is 12.5 Å². The molecule has 1 saturated carbocycles. The van der Waals surface area contributed by atoms with E-state index in [9.17, 15) is 4.79 Å². The Kier molecular flexibility index (Phi) is 6.99. The molecular weight excluding hydrogens is 288 g/mol. The Morgan fingerprint density at radius 3 is 2.81 bits per heavy atom. The summed E-state index contributed by atoms with van der Waals surface area (Å²) >= 11 is 0. The Balaban J connectivity index is 0.00000220. The molecule has 0 spiro atoms. The lowest BCUT2D eigenvalue weighted by Crippen LogP contribution is -2.36. The van der Waals surface area contributed by atoms with Crippen LogP contribution in [0.15, 0.2) is 24.3 Å². The third-order valence-electron chi connectivity index (χ3n) is 4.26. The first kappa shape index (κ1) is 17.8. The molecule has 0 heterocycles. The molecule has 5 heteroatoms. The van der Waals surface area contributed by atoms with Gasteiger partial charge in [-0.15, -0.1) is 12.4 Å². The van der Waals surface area contributed by atoms with Gasteiger partial charge in [0, 0.05) is 11.5 Å². The molecule has 1 aliphatic carbocycles. The highest BCUT2D eigenvalue weighted by Crippen LogP contribution is 2.32. The van der Waals surface area contributed by atoms with E-state index in [0.717, 1.165) is 30.6 Å². The van der Waals surface area contributed by atoms with Crippen LogP contribution in [0.5, 0.6) is 5.75 Å². The van der Waals surface area contributed by atoms with Crippen molar-refractivity contribution in [1.82, 2.24) is 5.32 Å². The second-order valence-corrected chi connectivity index (χ2v) is 5.51. The molecule has 0 radical (unpaired) electrons. The van der Waals surface area contributed by atoms with Gasteiger partial charge in [0.1, 0.15) is 5.75 Å². The number of carbonyl (C=O) groups is 1. The first-order valence-electron chi connectivity index (χ1n) is 7.30. The minimum Gasteiger partial charge on any atom is -0.496 e. The number of benzene rings is 1. The summed E-state index contributed by atoms with van der Waals surface area (Å²) in [5, 5.41) is 3.10. The number of methoxy groups -OCH3 is 1. The average Bonchev–Trinajstić information content (AvgIpc) is 2.95. The van der Waals surface area contributed by atoms with Gasteiger partial charge in [0.25, 0.3) is 0 Å². The van der Waals surface area contributed by atoms with Crippen molar-refractivity contribution in [3.63, 3.8) is 0 Å². The maximum absolute atomic E-state index is 12.4. The SMILES string of the molecule is COc1ccccc1C(C)NC(=O)[C@@H]1CCC[C@@H]1CN.Cl. The lowest BCUT2D eigenvalue weighted by atomic mass is 9.94.